The molecule has 0 rings (SSSR count). The van der Waals surface area contributed by atoms with E-state index >= 15 is 0 Å². The van der Waals surface area contributed by atoms with Gasteiger partial charge >= 0.3 is 6.18 Å². The first kappa shape index (κ1) is 15.6. The molecule has 0 aromatic rings. The Kier molecular flexibility index (Phi) is 5.14. The van der Waals surface area contributed by atoms with E-state index in [9.17, 15) is 26.7 Å². The lowest BCUT2D eigenvalue weighted by molar-refractivity contribution is -0.121. The lowest BCUT2D eigenvalue weighted by Gasteiger charge is -2.20. The fourth-order valence-electron chi connectivity index (χ4n) is 0.534. The summed E-state index contributed by atoms with van der Waals surface area (Å²) in [6.07, 6.45) is -4.66. The van der Waals surface area contributed by atoms with Gasteiger partial charge in [0.1, 0.15) is 6.54 Å². The second-order valence-electron chi connectivity index (χ2n) is 3.42. The predicted molar refractivity (Wildman–Crippen MR) is 48.7 cm³/mol. The Labute approximate surface area is 90.6 Å². The van der Waals surface area contributed by atoms with E-state index in [-0.39, 0.29) is 0 Å². The molecule has 0 bridgehead atoms. The summed E-state index contributed by atoms with van der Waals surface area (Å²) < 4.78 is 59.8. The minimum absolute atomic E-state index is 0.601. The molecule has 1 atom stereocenters. The van der Waals surface area contributed by atoms with Gasteiger partial charge in [-0.15, -0.1) is 0 Å². The first-order chi connectivity index (χ1) is 6.97. The Bertz CT molecular complexity index is 314. The van der Waals surface area contributed by atoms with E-state index in [4.69, 9.17) is 5.11 Å². The number of hydrogen-bond acceptors (Lipinski definition) is 4. The van der Waals surface area contributed by atoms with Crippen LogP contribution in [0.3, 0.4) is 0 Å². The Hall–Kier alpha value is -0.420. The lowest BCUT2D eigenvalue weighted by Crippen LogP contribution is -2.48. The second kappa shape index (κ2) is 5.27. The van der Waals surface area contributed by atoms with E-state index in [0.717, 1.165) is 6.92 Å². The van der Waals surface area contributed by atoms with Crippen molar-refractivity contribution in [3.8, 4) is 0 Å². The first-order valence-electron chi connectivity index (χ1n) is 4.12. The van der Waals surface area contributed by atoms with Crippen LogP contribution in [0.5, 0.6) is 0 Å². The van der Waals surface area contributed by atoms with E-state index in [1.807, 2.05) is 0 Å². The van der Waals surface area contributed by atoms with E-state index in [0.29, 0.717) is 0 Å². The van der Waals surface area contributed by atoms with Gasteiger partial charge in [-0.25, -0.2) is 0 Å². The van der Waals surface area contributed by atoms with Gasteiger partial charge in [0.2, 0.25) is 0 Å². The zero-order valence-corrected chi connectivity index (χ0v) is 9.19. The number of alkyl halides is 3. The van der Waals surface area contributed by atoms with Gasteiger partial charge in [0.25, 0.3) is 10.2 Å². The maximum absolute atomic E-state index is 11.7. The van der Waals surface area contributed by atoms with Crippen LogP contribution in [0.4, 0.5) is 13.2 Å². The van der Waals surface area contributed by atoms with Crippen LogP contribution in [-0.2, 0) is 10.2 Å². The molecule has 0 amide bonds. The van der Waals surface area contributed by atoms with Gasteiger partial charge in [-0.2, -0.15) is 31.0 Å². The molecule has 0 aromatic heterocycles. The number of halogens is 3. The average molecular weight is 266 g/mol. The molecule has 0 saturated carbocycles. The van der Waals surface area contributed by atoms with Crippen LogP contribution >= 0.6 is 0 Å². The topological polar surface area (TPSA) is 98.7 Å². The summed E-state index contributed by atoms with van der Waals surface area (Å²) in [6, 6.07) is 0. The molecule has 0 aliphatic carbocycles. The maximum atomic E-state index is 11.7. The van der Waals surface area contributed by atoms with Gasteiger partial charge in [0, 0.05) is 6.54 Å². The van der Waals surface area contributed by atoms with Crippen LogP contribution in [-0.4, -0.2) is 50.1 Å². The van der Waals surface area contributed by atoms with Crippen LogP contribution in [0, 0.1) is 0 Å². The summed E-state index contributed by atoms with van der Waals surface area (Å²) in [5, 5.41) is 17.8. The number of aliphatic hydroxyl groups excluding tert-OH is 1. The highest BCUT2D eigenvalue weighted by molar-refractivity contribution is 7.87. The van der Waals surface area contributed by atoms with Gasteiger partial charge in [-0.3, -0.25) is 0 Å². The van der Waals surface area contributed by atoms with Gasteiger partial charge in [-0.1, -0.05) is 0 Å². The number of nitrogens with one attached hydrogen (secondary N) is 2. The summed E-state index contributed by atoms with van der Waals surface area (Å²) in [5.74, 6) is 0. The van der Waals surface area contributed by atoms with E-state index < -0.39 is 41.7 Å². The molecule has 0 saturated heterocycles. The van der Waals surface area contributed by atoms with Crippen molar-refractivity contribution < 1.29 is 31.8 Å². The van der Waals surface area contributed by atoms with Gasteiger partial charge in [0.05, 0.1) is 12.2 Å². The minimum atomic E-state index is -4.66. The van der Waals surface area contributed by atoms with Crippen molar-refractivity contribution in [3.63, 3.8) is 0 Å². The van der Waals surface area contributed by atoms with Crippen molar-refractivity contribution in [2.75, 3.05) is 19.7 Å². The molecule has 0 aromatic carbocycles. The van der Waals surface area contributed by atoms with Crippen LogP contribution in [0.25, 0.3) is 0 Å². The standard InChI is InChI=1S/C6H13F3N2O4S/c1-5(13,4-12)2-10-16(14,15)11-3-6(7,8)9/h10-13H,2-4H2,1H3. The normalized spacial score (nSPS) is 17.1. The third kappa shape index (κ3) is 7.82. The van der Waals surface area contributed by atoms with Crippen molar-refractivity contribution in [2.24, 2.45) is 0 Å². The molecule has 0 radical (unpaired) electrons. The van der Waals surface area contributed by atoms with Crippen molar-refractivity contribution in [2.45, 2.75) is 18.7 Å². The van der Waals surface area contributed by atoms with Crippen molar-refractivity contribution >= 4 is 10.2 Å². The number of rotatable bonds is 6. The molecule has 0 heterocycles. The van der Waals surface area contributed by atoms with E-state index in [1.165, 1.54) is 4.72 Å². The van der Waals surface area contributed by atoms with Crippen molar-refractivity contribution in [1.29, 1.82) is 0 Å². The third-order valence-corrected chi connectivity index (χ3v) is 2.50. The molecule has 0 aliphatic heterocycles. The summed E-state index contributed by atoms with van der Waals surface area (Å²) in [5.41, 5.74) is -1.73. The molecular weight excluding hydrogens is 253 g/mol. The van der Waals surface area contributed by atoms with Crippen molar-refractivity contribution in [3.05, 3.63) is 0 Å². The van der Waals surface area contributed by atoms with E-state index in [1.54, 1.807) is 4.72 Å². The maximum Gasteiger partial charge on any atom is 0.402 e. The summed E-state index contributed by atoms with van der Waals surface area (Å²) >= 11 is 0. The van der Waals surface area contributed by atoms with Crippen molar-refractivity contribution in [1.82, 2.24) is 9.44 Å². The fourth-order valence-corrected chi connectivity index (χ4v) is 1.49. The Morgan fingerprint density at radius 1 is 1.19 bits per heavy atom. The molecule has 6 nitrogen and oxygen atoms in total. The molecule has 4 N–H and O–H groups in total. The molecular formula is C6H13F3N2O4S. The summed E-state index contributed by atoms with van der Waals surface area (Å²) in [6.45, 7) is -1.91. The van der Waals surface area contributed by atoms with Crippen LogP contribution in [0.1, 0.15) is 6.92 Å². The van der Waals surface area contributed by atoms with Gasteiger partial charge < -0.3 is 10.2 Å². The SMILES string of the molecule is CC(O)(CO)CNS(=O)(=O)NCC(F)(F)F. The van der Waals surface area contributed by atoms with Crippen LogP contribution in [0.2, 0.25) is 0 Å². The highest BCUT2D eigenvalue weighted by Gasteiger charge is 2.30. The Morgan fingerprint density at radius 3 is 2.00 bits per heavy atom. The smallest absolute Gasteiger partial charge is 0.393 e. The Morgan fingerprint density at radius 2 is 1.62 bits per heavy atom. The van der Waals surface area contributed by atoms with Gasteiger partial charge in [0.15, 0.2) is 0 Å². The zero-order chi connectivity index (χ0) is 13.0. The molecule has 0 fully saturated rings. The highest BCUT2D eigenvalue weighted by Crippen LogP contribution is 2.12. The molecule has 0 aliphatic rings. The average Bonchev–Trinajstić information content (AvgIpc) is 2.12. The molecule has 0 spiro atoms. The quantitative estimate of drug-likeness (QED) is 0.481. The second-order valence-corrected chi connectivity index (χ2v) is 5.00. The van der Waals surface area contributed by atoms with Crippen LogP contribution in [0.15, 0.2) is 0 Å². The lowest BCUT2D eigenvalue weighted by atomic mass is 10.1. The largest absolute Gasteiger partial charge is 0.402 e. The summed E-state index contributed by atoms with van der Waals surface area (Å²) in [4.78, 5) is 0. The molecule has 16 heavy (non-hydrogen) atoms. The summed E-state index contributed by atoms with van der Waals surface area (Å²) in [7, 11) is -4.35. The number of aliphatic hydroxyl groups is 2. The monoisotopic (exact) mass is 266 g/mol. The highest BCUT2D eigenvalue weighted by atomic mass is 32.2. The first-order valence-corrected chi connectivity index (χ1v) is 5.60. The molecule has 98 valence electrons. The van der Waals surface area contributed by atoms with Gasteiger partial charge in [-0.05, 0) is 6.92 Å². The predicted octanol–water partition coefficient (Wildman–Crippen LogP) is -1.28. The minimum Gasteiger partial charge on any atom is -0.393 e. The fraction of sp³-hybridized carbons (Fsp3) is 1.00. The number of hydrogen-bond donors (Lipinski definition) is 4. The third-order valence-electron chi connectivity index (χ3n) is 1.45. The Balaban J connectivity index is 4.18. The zero-order valence-electron chi connectivity index (χ0n) is 8.37. The molecule has 10 heteroatoms. The molecule has 1 unspecified atom stereocenters. The van der Waals surface area contributed by atoms with Crippen LogP contribution < -0.4 is 9.44 Å². The van der Waals surface area contributed by atoms with E-state index in [2.05, 4.69) is 0 Å².